The Kier molecular flexibility index (Phi) is 7.87. The summed E-state index contributed by atoms with van der Waals surface area (Å²) in [6.07, 6.45) is 4.85. The van der Waals surface area contributed by atoms with E-state index in [-0.39, 0.29) is 0 Å². The lowest BCUT2D eigenvalue weighted by atomic mass is 9.77. The van der Waals surface area contributed by atoms with Crippen molar-refractivity contribution < 1.29 is 4.74 Å². The Morgan fingerprint density at radius 2 is 1.10 bits per heavy atom. The van der Waals surface area contributed by atoms with Crippen molar-refractivity contribution in [3.05, 3.63) is 174 Å². The summed E-state index contributed by atoms with van der Waals surface area (Å²) in [6.45, 7) is 9.56. The summed E-state index contributed by atoms with van der Waals surface area (Å²) < 4.78 is 12.2. The lowest BCUT2D eigenvalue weighted by Gasteiger charge is -2.36. The Bertz CT molecular complexity index is 3560. The fraction of sp³-hybridized carbons (Fsp3) is 0.155. The molecule has 0 saturated heterocycles. The summed E-state index contributed by atoms with van der Waals surface area (Å²) >= 11 is 0. The van der Waals surface area contributed by atoms with E-state index in [1.165, 1.54) is 108 Å². The second-order valence-corrected chi connectivity index (χ2v) is 23.0. The number of benzene rings is 8. The molecule has 10 aromatic rings. The van der Waals surface area contributed by atoms with Gasteiger partial charge in [-0.2, -0.15) is 0 Å². The van der Waals surface area contributed by atoms with Crippen LogP contribution in [0.1, 0.15) is 48.3 Å². The summed E-state index contributed by atoms with van der Waals surface area (Å²) in [5.74, 6) is 3.39. The molecule has 0 atom stereocenters. The topological polar surface area (TPSA) is 31.5 Å². The molecule has 63 heavy (non-hydrogen) atoms. The summed E-state index contributed by atoms with van der Waals surface area (Å²) in [5.41, 5.74) is 22.1. The Labute approximate surface area is 369 Å². The standard InChI is InChI=1S/C58H47N3OSi/c1-35-29-30-54-53(31-35)62-57-55(63(54,3)4)34-52(61-51-28-16-15-27-50(51)60-49-26-14-13-25-48(49)59-58(60)61)36(2)56(57)47-33-46-43-24-12-10-22-41(43)39-20-8-7-19-38(39)40-21-9-11-23-42(40)45(46)32-44(47)37-17-5-6-18-37/h7-16,19-34,37H,5-6,17-18H2,1-4H3. The van der Waals surface area contributed by atoms with Gasteiger partial charge in [-0.1, -0.05) is 135 Å². The number of aryl methyl sites for hydroxylation is 1. The van der Waals surface area contributed by atoms with Crippen LogP contribution in [0.3, 0.4) is 0 Å². The first-order valence-electron chi connectivity index (χ1n) is 22.7. The van der Waals surface area contributed by atoms with E-state index in [9.17, 15) is 0 Å². The number of fused-ring (bicyclic) bond motifs is 15. The molecule has 0 unspecified atom stereocenters. The Morgan fingerprint density at radius 1 is 0.540 bits per heavy atom. The molecule has 13 rings (SSSR count). The molecule has 0 bridgehead atoms. The van der Waals surface area contributed by atoms with E-state index in [4.69, 9.17) is 9.72 Å². The molecule has 3 heterocycles. The fourth-order valence-corrected chi connectivity index (χ4v) is 14.4. The number of hydrogen-bond acceptors (Lipinski definition) is 2. The van der Waals surface area contributed by atoms with Crippen molar-refractivity contribution in [2.24, 2.45) is 0 Å². The normalized spacial score (nSPS) is 14.9. The summed E-state index contributed by atoms with van der Waals surface area (Å²) in [4.78, 5) is 5.39. The Hall–Kier alpha value is -6.95. The van der Waals surface area contributed by atoms with Gasteiger partial charge < -0.3 is 4.74 Å². The molecule has 8 aromatic carbocycles. The second-order valence-electron chi connectivity index (χ2n) is 18.7. The number of hydrogen-bond donors (Lipinski definition) is 0. The first-order chi connectivity index (χ1) is 30.8. The van der Waals surface area contributed by atoms with Crippen LogP contribution >= 0.6 is 0 Å². The highest BCUT2D eigenvalue weighted by Crippen LogP contribution is 2.53. The van der Waals surface area contributed by atoms with Gasteiger partial charge in [0.25, 0.3) is 0 Å². The predicted octanol–water partition coefficient (Wildman–Crippen LogP) is 14.3. The van der Waals surface area contributed by atoms with Crippen LogP contribution in [0.15, 0.2) is 158 Å². The molecular formula is C58H47N3OSi. The van der Waals surface area contributed by atoms with Crippen LogP contribution in [0.25, 0.3) is 89.2 Å². The number of ether oxygens (including phenoxy) is 1. The van der Waals surface area contributed by atoms with Crippen LogP contribution < -0.4 is 15.1 Å². The molecule has 304 valence electrons. The number of rotatable bonds is 3. The van der Waals surface area contributed by atoms with E-state index in [1.54, 1.807) is 0 Å². The van der Waals surface area contributed by atoms with Gasteiger partial charge in [-0.15, -0.1) is 0 Å². The van der Waals surface area contributed by atoms with Crippen LogP contribution in [0.5, 0.6) is 11.5 Å². The van der Waals surface area contributed by atoms with Crippen LogP contribution in [0.4, 0.5) is 0 Å². The van der Waals surface area contributed by atoms with Crippen molar-refractivity contribution in [3.8, 4) is 72.8 Å². The molecule has 0 N–H and O–H groups in total. The van der Waals surface area contributed by atoms with E-state index in [0.717, 1.165) is 45.0 Å². The first-order valence-corrected chi connectivity index (χ1v) is 25.7. The zero-order chi connectivity index (χ0) is 42.1. The molecular weight excluding hydrogens is 783 g/mol. The summed E-state index contributed by atoms with van der Waals surface area (Å²) in [6, 6.07) is 59.0. The number of aromatic nitrogens is 3. The summed E-state index contributed by atoms with van der Waals surface area (Å²) in [5, 5.41) is 2.67. The average Bonchev–Trinajstić information content (AvgIpc) is 4.05. The SMILES string of the molecule is Cc1ccc2c(c1)Oc1c(cc(-n3c4ccccc4n4c5ccccc5nc34)c(C)c1-c1cc3c(cc1C1CCCC1)-c1ccccc1-c1ccccc1-c1ccccc1-3)[Si]2(C)C. The van der Waals surface area contributed by atoms with Crippen molar-refractivity contribution in [1.29, 1.82) is 0 Å². The maximum Gasteiger partial charge on any atom is 0.220 e. The first kappa shape index (κ1) is 36.7. The zero-order valence-corrected chi connectivity index (χ0v) is 37.2. The predicted molar refractivity (Wildman–Crippen MR) is 264 cm³/mol. The lowest BCUT2D eigenvalue weighted by molar-refractivity contribution is 0.487. The smallest absolute Gasteiger partial charge is 0.220 e. The van der Waals surface area contributed by atoms with E-state index < -0.39 is 8.07 Å². The molecule has 1 fully saturated rings. The Balaban J connectivity index is 1.19. The third-order valence-corrected chi connectivity index (χ3v) is 18.2. The highest BCUT2D eigenvalue weighted by Gasteiger charge is 2.40. The average molecular weight is 830 g/mol. The van der Waals surface area contributed by atoms with E-state index in [1.807, 2.05) is 0 Å². The quantitative estimate of drug-likeness (QED) is 0.166. The van der Waals surface area contributed by atoms with Gasteiger partial charge in [-0.25, -0.2) is 4.98 Å². The van der Waals surface area contributed by atoms with Gasteiger partial charge in [0.15, 0.2) is 0 Å². The highest BCUT2D eigenvalue weighted by molar-refractivity contribution is 7.01. The van der Waals surface area contributed by atoms with Crippen molar-refractivity contribution in [2.75, 3.05) is 0 Å². The van der Waals surface area contributed by atoms with Gasteiger partial charge in [-0.3, -0.25) is 8.97 Å². The molecule has 2 aliphatic carbocycles. The monoisotopic (exact) mass is 829 g/mol. The second kappa shape index (κ2) is 13.5. The Morgan fingerprint density at radius 3 is 1.75 bits per heavy atom. The minimum atomic E-state index is -2.36. The van der Waals surface area contributed by atoms with Crippen LogP contribution in [-0.4, -0.2) is 22.0 Å². The number of nitrogens with zero attached hydrogens (tertiary/aromatic N) is 3. The maximum absolute atomic E-state index is 7.44. The zero-order valence-electron chi connectivity index (χ0n) is 36.2. The fourth-order valence-electron chi connectivity index (χ4n) is 11.7. The molecule has 2 aromatic heterocycles. The third-order valence-electron chi connectivity index (χ3n) is 14.8. The number of para-hydroxylation sites is 4. The van der Waals surface area contributed by atoms with Crippen molar-refractivity contribution in [2.45, 2.75) is 58.5 Å². The van der Waals surface area contributed by atoms with E-state index in [2.05, 4.69) is 194 Å². The van der Waals surface area contributed by atoms with Crippen molar-refractivity contribution >= 4 is 46.3 Å². The largest absolute Gasteiger partial charge is 0.457 e. The molecule has 0 amide bonds. The third kappa shape index (κ3) is 5.23. The van der Waals surface area contributed by atoms with Gasteiger partial charge in [0.2, 0.25) is 5.78 Å². The van der Waals surface area contributed by atoms with E-state index >= 15 is 0 Å². The van der Waals surface area contributed by atoms with Crippen LogP contribution in [0.2, 0.25) is 13.1 Å². The van der Waals surface area contributed by atoms with Gasteiger partial charge in [0, 0.05) is 5.56 Å². The maximum atomic E-state index is 7.44. The van der Waals surface area contributed by atoms with E-state index in [0.29, 0.717) is 5.92 Å². The van der Waals surface area contributed by atoms with Gasteiger partial charge >= 0.3 is 0 Å². The summed E-state index contributed by atoms with van der Waals surface area (Å²) in [7, 11) is -2.36. The molecule has 3 aliphatic rings. The molecule has 5 heteroatoms. The molecule has 1 saturated carbocycles. The highest BCUT2D eigenvalue weighted by atomic mass is 28.3. The van der Waals surface area contributed by atoms with Gasteiger partial charge in [0.1, 0.15) is 19.6 Å². The lowest BCUT2D eigenvalue weighted by Crippen LogP contribution is -2.56. The van der Waals surface area contributed by atoms with Crippen molar-refractivity contribution in [3.63, 3.8) is 0 Å². The van der Waals surface area contributed by atoms with Crippen LogP contribution in [0, 0.1) is 13.8 Å². The van der Waals surface area contributed by atoms with Gasteiger partial charge in [0.05, 0.1) is 27.8 Å². The molecule has 1 aliphatic heterocycles. The van der Waals surface area contributed by atoms with Gasteiger partial charge in [-0.05, 0) is 158 Å². The molecule has 4 nitrogen and oxygen atoms in total. The molecule has 0 spiro atoms. The minimum absolute atomic E-state index is 0.434. The van der Waals surface area contributed by atoms with Crippen LogP contribution in [-0.2, 0) is 0 Å². The van der Waals surface area contributed by atoms with Crippen molar-refractivity contribution in [1.82, 2.24) is 14.0 Å². The number of imidazole rings is 2. The molecule has 0 radical (unpaired) electrons. The minimum Gasteiger partial charge on any atom is -0.457 e.